The zero-order valence-electron chi connectivity index (χ0n) is 55.8. The molecule has 2 heterocycles. The summed E-state index contributed by atoms with van der Waals surface area (Å²) in [6.07, 6.45) is 57.9. The second-order valence-electron chi connectivity index (χ2n) is 26.1. The van der Waals surface area contributed by atoms with Crippen molar-refractivity contribution in [1.29, 1.82) is 0 Å². The van der Waals surface area contributed by atoms with Crippen molar-refractivity contribution in [1.82, 2.24) is 5.32 Å². The molecule has 2 fully saturated rings. The number of ether oxygens (including phenoxy) is 4. The van der Waals surface area contributed by atoms with Crippen LogP contribution in [-0.4, -0.2) is 140 Å². The fraction of sp³-hybridized carbons (Fsp3) is 0.904. The summed E-state index contributed by atoms with van der Waals surface area (Å²) in [4.78, 5) is 13.3. The predicted octanol–water partition coefficient (Wildman–Crippen LogP) is 15.3. The third-order valence-corrected chi connectivity index (χ3v) is 18.1. The topological polar surface area (TPSA) is 228 Å². The maximum Gasteiger partial charge on any atom is 0.220 e. The van der Waals surface area contributed by atoms with Gasteiger partial charge in [0.2, 0.25) is 5.91 Å². The summed E-state index contributed by atoms with van der Waals surface area (Å²) in [5, 5.41) is 87.4. The van der Waals surface area contributed by atoms with Crippen molar-refractivity contribution in [2.24, 2.45) is 0 Å². The first kappa shape index (κ1) is 81.3. The molecule has 2 saturated heterocycles. The van der Waals surface area contributed by atoms with E-state index in [0.29, 0.717) is 12.8 Å². The van der Waals surface area contributed by atoms with Crippen LogP contribution >= 0.6 is 0 Å². The Morgan fingerprint density at radius 1 is 0.402 bits per heavy atom. The molecule has 0 bridgehead atoms. The van der Waals surface area contributed by atoms with E-state index in [2.05, 4.69) is 43.5 Å². The third-order valence-electron chi connectivity index (χ3n) is 18.1. The number of aliphatic hydroxyl groups excluding tert-OH is 8. The van der Waals surface area contributed by atoms with Gasteiger partial charge in [-0.15, -0.1) is 0 Å². The fourth-order valence-electron chi connectivity index (χ4n) is 12.2. The Kier molecular flexibility index (Phi) is 54.3. The zero-order chi connectivity index (χ0) is 63.1. The molecule has 12 unspecified atom stereocenters. The van der Waals surface area contributed by atoms with Gasteiger partial charge < -0.3 is 65.1 Å². The molecule has 12 atom stereocenters. The molecule has 14 heteroatoms. The largest absolute Gasteiger partial charge is 0.394 e. The number of carbonyl (C=O) groups is 1. The highest BCUT2D eigenvalue weighted by Crippen LogP contribution is 2.30. The van der Waals surface area contributed by atoms with Gasteiger partial charge in [0.1, 0.15) is 48.8 Å². The van der Waals surface area contributed by atoms with Crippen LogP contribution in [0.15, 0.2) is 36.5 Å². The summed E-state index contributed by atoms with van der Waals surface area (Å²) in [6, 6.07) is -0.937. The summed E-state index contributed by atoms with van der Waals surface area (Å²) in [7, 11) is 0. The van der Waals surface area contributed by atoms with E-state index >= 15 is 0 Å². The molecule has 0 saturated carbocycles. The number of nitrogens with one attached hydrogen (secondary N) is 1. The monoisotopic (exact) mass is 1240 g/mol. The van der Waals surface area contributed by atoms with Crippen LogP contribution in [0.5, 0.6) is 0 Å². The van der Waals surface area contributed by atoms with Crippen LogP contribution in [0, 0.1) is 0 Å². The Balaban J connectivity index is 1.66. The van der Waals surface area contributed by atoms with E-state index in [1.807, 2.05) is 6.08 Å². The molecule has 512 valence electrons. The second kappa shape index (κ2) is 58.1. The van der Waals surface area contributed by atoms with Crippen LogP contribution in [0.3, 0.4) is 0 Å². The molecular formula is C73H137NO13. The predicted molar refractivity (Wildman–Crippen MR) is 355 cm³/mol. The van der Waals surface area contributed by atoms with Crippen LogP contribution in [0.25, 0.3) is 0 Å². The van der Waals surface area contributed by atoms with Crippen LogP contribution in [0.1, 0.15) is 328 Å². The maximum absolute atomic E-state index is 13.3. The third kappa shape index (κ3) is 42.1. The lowest BCUT2D eigenvalue weighted by molar-refractivity contribution is -0.359. The van der Waals surface area contributed by atoms with Crippen molar-refractivity contribution in [3.05, 3.63) is 36.5 Å². The van der Waals surface area contributed by atoms with Crippen molar-refractivity contribution in [2.75, 3.05) is 19.8 Å². The molecule has 0 aromatic rings. The number of rotatable bonds is 61. The van der Waals surface area contributed by atoms with Gasteiger partial charge >= 0.3 is 0 Å². The molecular weight excluding hydrogens is 1100 g/mol. The van der Waals surface area contributed by atoms with Gasteiger partial charge in [0.05, 0.1) is 32.0 Å². The lowest BCUT2D eigenvalue weighted by Crippen LogP contribution is -2.65. The summed E-state index contributed by atoms with van der Waals surface area (Å²) < 4.78 is 22.8. The van der Waals surface area contributed by atoms with Gasteiger partial charge in [-0.1, -0.05) is 314 Å². The summed E-state index contributed by atoms with van der Waals surface area (Å²) in [6.45, 7) is 2.83. The van der Waals surface area contributed by atoms with Crippen molar-refractivity contribution < 1.29 is 64.6 Å². The summed E-state index contributed by atoms with van der Waals surface area (Å²) in [5.41, 5.74) is 0. The maximum atomic E-state index is 13.3. The first-order valence-corrected chi connectivity index (χ1v) is 36.7. The van der Waals surface area contributed by atoms with Crippen LogP contribution in [-0.2, 0) is 23.7 Å². The highest BCUT2D eigenvalue weighted by molar-refractivity contribution is 5.76. The fourth-order valence-corrected chi connectivity index (χ4v) is 12.2. The van der Waals surface area contributed by atoms with Crippen LogP contribution in [0.4, 0.5) is 0 Å². The van der Waals surface area contributed by atoms with E-state index in [-0.39, 0.29) is 18.9 Å². The number of amides is 1. The average Bonchev–Trinajstić information content (AvgIpc) is 2.57. The summed E-state index contributed by atoms with van der Waals surface area (Å²) >= 11 is 0. The lowest BCUT2D eigenvalue weighted by Gasteiger charge is -2.46. The number of hydrogen-bond donors (Lipinski definition) is 9. The lowest BCUT2D eigenvalue weighted by atomic mass is 9.97. The highest BCUT2D eigenvalue weighted by Gasteiger charge is 2.51. The van der Waals surface area contributed by atoms with Gasteiger partial charge in [0, 0.05) is 6.42 Å². The summed E-state index contributed by atoms with van der Waals surface area (Å²) in [5.74, 6) is -0.246. The van der Waals surface area contributed by atoms with E-state index in [1.54, 1.807) is 6.08 Å². The number of carbonyl (C=O) groups excluding carboxylic acids is 1. The van der Waals surface area contributed by atoms with Crippen LogP contribution < -0.4 is 5.32 Å². The van der Waals surface area contributed by atoms with Crippen molar-refractivity contribution in [3.63, 3.8) is 0 Å². The van der Waals surface area contributed by atoms with E-state index in [9.17, 15) is 45.6 Å². The van der Waals surface area contributed by atoms with Gasteiger partial charge in [0.15, 0.2) is 12.6 Å². The first-order chi connectivity index (χ1) is 42.6. The molecule has 0 aromatic heterocycles. The number of unbranched alkanes of at least 4 members (excludes halogenated alkanes) is 44. The molecule has 87 heavy (non-hydrogen) atoms. The van der Waals surface area contributed by atoms with Crippen molar-refractivity contribution >= 4 is 5.91 Å². The van der Waals surface area contributed by atoms with Gasteiger partial charge in [-0.25, -0.2) is 0 Å². The van der Waals surface area contributed by atoms with E-state index in [1.165, 1.54) is 250 Å². The van der Waals surface area contributed by atoms with Crippen molar-refractivity contribution in [3.8, 4) is 0 Å². The minimum Gasteiger partial charge on any atom is -0.394 e. The van der Waals surface area contributed by atoms with Gasteiger partial charge in [0.25, 0.3) is 0 Å². The number of allylic oxidation sites excluding steroid dienone is 5. The van der Waals surface area contributed by atoms with Gasteiger partial charge in [-0.05, 0) is 44.9 Å². The Hall–Kier alpha value is -1.79. The molecule has 1 amide bonds. The minimum absolute atomic E-state index is 0.246. The normalized spacial score (nSPS) is 23.4. The molecule has 2 aliphatic heterocycles. The SMILES string of the molecule is CCCCCCCCCCCCCC/C=C/CC/C=C/CC/C=C/C(O)C(COC1OC(CO)C(OC2OC(CO)C(O)C(O)C2O)C(O)C1O)NC(=O)CCCCCCCCCCCCCCCCCCCCCCCCCCCCCCCCC. The number of aliphatic hydroxyl groups is 8. The Labute approximate surface area is 531 Å². The van der Waals surface area contributed by atoms with Crippen LogP contribution in [0.2, 0.25) is 0 Å². The Morgan fingerprint density at radius 2 is 0.736 bits per heavy atom. The smallest absolute Gasteiger partial charge is 0.220 e. The molecule has 0 aromatic carbocycles. The standard InChI is InChI=1S/C73H137NO13/c1-3-5-7-9-11-13-15-17-19-21-23-25-27-28-29-30-31-32-33-34-35-37-39-41-43-45-47-49-51-53-55-57-65(78)74-61(60-84-72-70(83)68(81)71(64(59-76)86-72)87-73-69(82)67(80)66(79)63(58-75)85-73)62(77)56-54-52-50-48-46-44-42-40-38-36-26-24-22-20-18-16-14-12-10-8-6-4-2/h38,40,46,48,54,56,61-64,66-73,75-77,79-83H,3-37,39,41-45,47,49-53,55,57-60H2,1-2H3,(H,74,78)/b40-38+,48-46+,56-54+. The number of hydrogen-bond acceptors (Lipinski definition) is 13. The zero-order valence-corrected chi connectivity index (χ0v) is 55.8. The van der Waals surface area contributed by atoms with Gasteiger partial charge in [-0.2, -0.15) is 0 Å². The quantitative estimate of drug-likeness (QED) is 0.0204. The first-order valence-electron chi connectivity index (χ1n) is 36.7. The van der Waals surface area contributed by atoms with Gasteiger partial charge in [-0.3, -0.25) is 4.79 Å². The Morgan fingerprint density at radius 3 is 1.13 bits per heavy atom. The Bertz CT molecular complexity index is 1600. The second-order valence-corrected chi connectivity index (χ2v) is 26.1. The molecule has 2 aliphatic rings. The van der Waals surface area contributed by atoms with E-state index in [4.69, 9.17) is 18.9 Å². The van der Waals surface area contributed by atoms with E-state index < -0.39 is 86.8 Å². The molecule has 9 N–H and O–H groups in total. The molecule has 0 aliphatic carbocycles. The molecule has 0 radical (unpaired) electrons. The van der Waals surface area contributed by atoms with E-state index in [0.717, 1.165) is 44.9 Å². The average molecular weight is 1240 g/mol. The molecule has 14 nitrogen and oxygen atoms in total. The highest BCUT2D eigenvalue weighted by atomic mass is 16.7. The minimum atomic E-state index is -1.79. The van der Waals surface area contributed by atoms with Crippen molar-refractivity contribution in [2.45, 2.75) is 402 Å². The molecule has 0 spiro atoms. The molecule has 2 rings (SSSR count).